The van der Waals surface area contributed by atoms with Crippen LogP contribution in [0, 0.1) is 5.41 Å². The van der Waals surface area contributed by atoms with Gasteiger partial charge in [-0.05, 0) is 31.2 Å². The zero-order chi connectivity index (χ0) is 8.86. The molecule has 0 unspecified atom stereocenters. The Labute approximate surface area is 76.9 Å². The molecular weight excluding hydrogens is 146 g/mol. The molecule has 72 valence electrons. The van der Waals surface area contributed by atoms with Crippen LogP contribution >= 0.6 is 0 Å². The molecule has 0 bridgehead atoms. The lowest BCUT2D eigenvalue weighted by Gasteiger charge is -2.36. The molecule has 0 aromatic rings. The Morgan fingerprint density at radius 1 is 1.08 bits per heavy atom. The average molecular weight is 169 g/mol. The molecule has 0 spiro atoms. The molecule has 0 atom stereocenters. The van der Waals surface area contributed by atoms with Gasteiger partial charge >= 0.3 is 0 Å². The monoisotopic (exact) mass is 169 g/mol. The molecule has 0 radical (unpaired) electrons. The lowest BCUT2D eigenvalue weighted by Crippen LogP contribution is -2.35. The Morgan fingerprint density at radius 2 is 1.75 bits per heavy atom. The summed E-state index contributed by atoms with van der Waals surface area (Å²) in [6, 6.07) is 0. The van der Waals surface area contributed by atoms with Crippen LogP contribution in [0.1, 0.15) is 52.4 Å². The van der Waals surface area contributed by atoms with E-state index in [9.17, 15) is 0 Å². The first-order valence-corrected chi connectivity index (χ1v) is 5.54. The van der Waals surface area contributed by atoms with Crippen molar-refractivity contribution in [2.24, 2.45) is 5.41 Å². The van der Waals surface area contributed by atoms with E-state index in [2.05, 4.69) is 19.2 Å². The molecule has 12 heavy (non-hydrogen) atoms. The van der Waals surface area contributed by atoms with Crippen molar-refractivity contribution in [1.29, 1.82) is 0 Å². The van der Waals surface area contributed by atoms with E-state index >= 15 is 0 Å². The normalized spacial score (nSPS) is 22.5. The lowest BCUT2D eigenvalue weighted by atomic mass is 9.72. The molecule has 1 saturated carbocycles. The Hall–Kier alpha value is -0.0400. The highest BCUT2D eigenvalue weighted by atomic mass is 14.9. The van der Waals surface area contributed by atoms with E-state index in [1.54, 1.807) is 0 Å². The maximum absolute atomic E-state index is 3.51. The molecule has 1 aliphatic rings. The summed E-state index contributed by atoms with van der Waals surface area (Å²) in [4.78, 5) is 0. The zero-order valence-electron chi connectivity index (χ0n) is 8.66. The van der Waals surface area contributed by atoms with Crippen molar-refractivity contribution in [1.82, 2.24) is 5.32 Å². The summed E-state index contributed by atoms with van der Waals surface area (Å²) in [5.41, 5.74) is 0.661. The van der Waals surface area contributed by atoms with E-state index in [-0.39, 0.29) is 0 Å². The van der Waals surface area contributed by atoms with Gasteiger partial charge in [0.05, 0.1) is 0 Å². The maximum Gasteiger partial charge on any atom is 0.000759 e. The van der Waals surface area contributed by atoms with Gasteiger partial charge in [0.15, 0.2) is 0 Å². The van der Waals surface area contributed by atoms with E-state index in [0.717, 1.165) is 6.54 Å². The number of nitrogens with one attached hydrogen (secondary N) is 1. The summed E-state index contributed by atoms with van der Waals surface area (Å²) in [5, 5.41) is 3.51. The van der Waals surface area contributed by atoms with Crippen LogP contribution in [0.15, 0.2) is 0 Å². The minimum Gasteiger partial charge on any atom is -0.316 e. The van der Waals surface area contributed by atoms with Gasteiger partial charge in [-0.15, -0.1) is 0 Å². The largest absolute Gasteiger partial charge is 0.316 e. The minimum absolute atomic E-state index is 0.661. The van der Waals surface area contributed by atoms with Crippen LogP contribution in [0.25, 0.3) is 0 Å². The van der Waals surface area contributed by atoms with E-state index in [4.69, 9.17) is 0 Å². The highest BCUT2D eigenvalue weighted by Crippen LogP contribution is 2.38. The average Bonchev–Trinajstić information content (AvgIpc) is 2.16. The van der Waals surface area contributed by atoms with Gasteiger partial charge in [0.25, 0.3) is 0 Å². The number of hydrogen-bond donors (Lipinski definition) is 1. The molecule has 1 aliphatic carbocycles. The summed E-state index contributed by atoms with van der Waals surface area (Å²) in [6.45, 7) is 6.93. The van der Waals surface area contributed by atoms with Gasteiger partial charge in [0.2, 0.25) is 0 Å². The molecule has 0 heterocycles. The standard InChI is InChI=1S/C11H23N/c1-3-11(10-12-4-2)8-6-5-7-9-11/h12H,3-10H2,1-2H3. The Bertz CT molecular complexity index is 114. The number of hydrogen-bond acceptors (Lipinski definition) is 1. The van der Waals surface area contributed by atoms with Gasteiger partial charge in [-0.3, -0.25) is 0 Å². The first kappa shape index (κ1) is 10.0. The molecule has 1 heteroatoms. The first-order valence-electron chi connectivity index (χ1n) is 5.54. The second-order valence-electron chi connectivity index (χ2n) is 4.19. The van der Waals surface area contributed by atoms with Crippen molar-refractivity contribution in [3.63, 3.8) is 0 Å². The summed E-state index contributed by atoms with van der Waals surface area (Å²) in [7, 11) is 0. The zero-order valence-corrected chi connectivity index (χ0v) is 8.66. The van der Waals surface area contributed by atoms with Crippen molar-refractivity contribution in [2.75, 3.05) is 13.1 Å². The quantitative estimate of drug-likeness (QED) is 0.682. The van der Waals surface area contributed by atoms with Gasteiger partial charge in [-0.1, -0.05) is 33.1 Å². The smallest absolute Gasteiger partial charge is 0.000759 e. The van der Waals surface area contributed by atoms with E-state index in [0.29, 0.717) is 5.41 Å². The van der Waals surface area contributed by atoms with Crippen LogP contribution in [0.4, 0.5) is 0 Å². The fraction of sp³-hybridized carbons (Fsp3) is 1.00. The molecule has 1 nitrogen and oxygen atoms in total. The molecule has 0 aromatic heterocycles. The lowest BCUT2D eigenvalue weighted by molar-refractivity contribution is 0.176. The first-order chi connectivity index (χ1) is 5.83. The van der Waals surface area contributed by atoms with Crippen LogP contribution in [-0.2, 0) is 0 Å². The molecule has 0 amide bonds. The Kier molecular flexibility index (Phi) is 4.07. The fourth-order valence-corrected chi connectivity index (χ4v) is 2.35. The van der Waals surface area contributed by atoms with E-state index < -0.39 is 0 Å². The summed E-state index contributed by atoms with van der Waals surface area (Å²) in [6.07, 6.45) is 8.65. The third kappa shape index (κ3) is 2.48. The topological polar surface area (TPSA) is 12.0 Å². The van der Waals surface area contributed by atoms with Gasteiger partial charge in [0, 0.05) is 6.54 Å². The Morgan fingerprint density at radius 3 is 2.25 bits per heavy atom. The van der Waals surface area contributed by atoms with Crippen molar-refractivity contribution >= 4 is 0 Å². The van der Waals surface area contributed by atoms with Gasteiger partial charge < -0.3 is 5.32 Å². The van der Waals surface area contributed by atoms with E-state index in [1.807, 2.05) is 0 Å². The van der Waals surface area contributed by atoms with Gasteiger partial charge in [-0.25, -0.2) is 0 Å². The van der Waals surface area contributed by atoms with Gasteiger partial charge in [-0.2, -0.15) is 0 Å². The highest BCUT2D eigenvalue weighted by Gasteiger charge is 2.29. The summed E-state index contributed by atoms with van der Waals surface area (Å²) < 4.78 is 0. The third-order valence-electron chi connectivity index (χ3n) is 3.41. The molecule has 1 rings (SSSR count). The van der Waals surface area contributed by atoms with Crippen molar-refractivity contribution in [2.45, 2.75) is 52.4 Å². The second-order valence-corrected chi connectivity index (χ2v) is 4.19. The van der Waals surface area contributed by atoms with E-state index in [1.165, 1.54) is 45.1 Å². The Balaban J connectivity index is 2.37. The third-order valence-corrected chi connectivity index (χ3v) is 3.41. The van der Waals surface area contributed by atoms with Crippen LogP contribution in [0.2, 0.25) is 0 Å². The van der Waals surface area contributed by atoms with Crippen molar-refractivity contribution < 1.29 is 0 Å². The molecule has 0 saturated heterocycles. The molecule has 1 fully saturated rings. The summed E-state index contributed by atoms with van der Waals surface area (Å²) >= 11 is 0. The van der Waals surface area contributed by atoms with Crippen LogP contribution in [0.5, 0.6) is 0 Å². The maximum atomic E-state index is 3.51. The van der Waals surface area contributed by atoms with Gasteiger partial charge in [0.1, 0.15) is 0 Å². The SMILES string of the molecule is CCNCC1(CC)CCCCC1. The molecule has 1 N–H and O–H groups in total. The predicted octanol–water partition coefficient (Wildman–Crippen LogP) is 2.96. The molecular formula is C11H23N. The minimum atomic E-state index is 0.661. The fourth-order valence-electron chi connectivity index (χ4n) is 2.35. The van der Waals surface area contributed by atoms with Crippen LogP contribution < -0.4 is 5.32 Å². The second kappa shape index (κ2) is 4.86. The highest BCUT2D eigenvalue weighted by molar-refractivity contribution is 4.83. The predicted molar refractivity (Wildman–Crippen MR) is 54.4 cm³/mol. The van der Waals surface area contributed by atoms with Crippen molar-refractivity contribution in [3.05, 3.63) is 0 Å². The van der Waals surface area contributed by atoms with Crippen molar-refractivity contribution in [3.8, 4) is 0 Å². The molecule has 0 aliphatic heterocycles. The number of rotatable bonds is 4. The van der Waals surface area contributed by atoms with Crippen LogP contribution in [-0.4, -0.2) is 13.1 Å². The molecule has 0 aromatic carbocycles. The van der Waals surface area contributed by atoms with Crippen LogP contribution in [0.3, 0.4) is 0 Å². The summed E-state index contributed by atoms with van der Waals surface area (Å²) in [5.74, 6) is 0.